The van der Waals surface area contributed by atoms with E-state index in [9.17, 15) is 0 Å². The molecule has 38 heavy (non-hydrogen) atoms. The van der Waals surface area contributed by atoms with E-state index in [1.807, 2.05) is 35.5 Å². The number of hydrogen-bond acceptors (Lipinski definition) is 0. The normalized spacial score (nSPS) is 12.7. The van der Waals surface area contributed by atoms with Crippen LogP contribution < -0.4 is 24.8 Å². The second-order valence-electron chi connectivity index (χ2n) is 12.1. The summed E-state index contributed by atoms with van der Waals surface area (Å²) in [6.45, 7) is 18.2. The van der Waals surface area contributed by atoms with Crippen LogP contribution in [0.4, 0.5) is 0 Å². The van der Waals surface area contributed by atoms with Crippen molar-refractivity contribution in [1.82, 2.24) is 0 Å². The van der Waals surface area contributed by atoms with Crippen molar-refractivity contribution in [3.8, 4) is 11.1 Å². The van der Waals surface area contributed by atoms with E-state index in [4.69, 9.17) is 0 Å². The first-order valence-electron chi connectivity index (χ1n) is 13.9. The van der Waals surface area contributed by atoms with Gasteiger partial charge in [0.1, 0.15) is 0 Å². The average Bonchev–Trinajstić information content (AvgIpc) is 3.51. The molecule has 0 heterocycles. The number of hydrogen-bond donors (Lipinski definition) is 0. The number of benzene rings is 2. The zero-order valence-electron chi connectivity index (χ0n) is 25.0. The van der Waals surface area contributed by atoms with Gasteiger partial charge in [-0.15, -0.1) is 12.0 Å². The molecule has 0 aromatic heterocycles. The molecule has 0 amide bonds. The van der Waals surface area contributed by atoms with Crippen molar-refractivity contribution in [2.45, 2.75) is 117 Å². The fourth-order valence-corrected chi connectivity index (χ4v) is 8.65. The summed E-state index contributed by atoms with van der Waals surface area (Å²) in [6.07, 6.45) is 16.8. The van der Waals surface area contributed by atoms with Gasteiger partial charge in [0.25, 0.3) is 0 Å². The Morgan fingerprint density at radius 1 is 0.842 bits per heavy atom. The van der Waals surface area contributed by atoms with E-state index in [1.54, 1.807) is 12.1 Å². The molecule has 0 bridgehead atoms. The summed E-state index contributed by atoms with van der Waals surface area (Å²) in [5.41, 5.74) is 8.94. The quantitative estimate of drug-likeness (QED) is 0.280. The minimum Gasteiger partial charge on any atom is -1.00 e. The Hall–Kier alpha value is -0.400. The SMILES string of the molecule is CC(C)(C)c1c[c-]c2c(c1)-c1cc(C(C)(C)C)ccc1C2.CCCC[Si](=[Zr+2])CCCC.[C-]1=CC=CC1.[Cl-].[Cl-]. The minimum absolute atomic E-state index is 0. The standard InChI is InChI=1S/C21H25.C8H18Si.C5H5.2ClH.Zr/c1-20(2,3)16-9-7-14-11-15-8-10-17(21(4,5)6)13-19(15)18(14)12-16;1-3-5-7-9-8-6-4-2;1-2-4-5-3-1;;;/h7,9-10,12-13H,11H2,1-6H3;3-8H2,1-2H3;1-3H,4H2;2*1H;/q-1;;-1;;;+2/p-2. The van der Waals surface area contributed by atoms with E-state index in [1.165, 1.54) is 59.1 Å². The Balaban J connectivity index is 0.000000676. The first kappa shape index (κ1) is 37.6. The maximum absolute atomic E-state index is 3.53. The number of unbranched alkanes of at least 4 members (excludes halogenated alkanes) is 2. The number of halogens is 2. The summed E-state index contributed by atoms with van der Waals surface area (Å²) in [7, 11) is 0. The molecule has 208 valence electrons. The Morgan fingerprint density at radius 2 is 1.42 bits per heavy atom. The topological polar surface area (TPSA) is 0 Å². The molecule has 0 fully saturated rings. The largest absolute Gasteiger partial charge is 1.00 e. The summed E-state index contributed by atoms with van der Waals surface area (Å²) < 4.78 is 0. The van der Waals surface area contributed by atoms with Gasteiger partial charge in [0.2, 0.25) is 0 Å². The molecule has 0 radical (unpaired) electrons. The Morgan fingerprint density at radius 3 is 1.87 bits per heavy atom. The number of rotatable bonds is 6. The van der Waals surface area contributed by atoms with Crippen molar-refractivity contribution < 1.29 is 48.1 Å². The predicted molar refractivity (Wildman–Crippen MR) is 158 cm³/mol. The van der Waals surface area contributed by atoms with Gasteiger partial charge >= 0.3 is 80.4 Å². The van der Waals surface area contributed by atoms with Crippen LogP contribution in [0.2, 0.25) is 12.1 Å². The molecule has 2 aromatic carbocycles. The summed E-state index contributed by atoms with van der Waals surface area (Å²) in [6, 6.07) is 18.2. The van der Waals surface area contributed by atoms with Crippen LogP contribution in [0.3, 0.4) is 0 Å². The predicted octanol–water partition coefficient (Wildman–Crippen LogP) is 4.09. The maximum Gasteiger partial charge on any atom is -0.109 e. The van der Waals surface area contributed by atoms with Gasteiger partial charge in [-0.25, -0.2) is 12.2 Å². The molecule has 2 aliphatic carbocycles. The molecule has 0 aliphatic heterocycles. The second-order valence-corrected chi connectivity index (χ2v) is 19.6. The van der Waals surface area contributed by atoms with Crippen LogP contribution in [-0.2, 0) is 40.6 Å². The van der Waals surface area contributed by atoms with Crippen LogP contribution in [0.15, 0.2) is 48.6 Å². The fourth-order valence-electron chi connectivity index (χ4n) is 4.23. The number of fused-ring (bicyclic) bond motifs is 3. The van der Waals surface area contributed by atoms with Crippen molar-refractivity contribution in [3.05, 3.63) is 83.0 Å². The first-order chi connectivity index (χ1) is 17.0. The van der Waals surface area contributed by atoms with E-state index in [0.29, 0.717) is 0 Å². The molecule has 0 saturated heterocycles. The summed E-state index contributed by atoms with van der Waals surface area (Å²) in [5, 5.41) is 0. The van der Waals surface area contributed by atoms with Gasteiger partial charge in [-0.1, -0.05) is 76.3 Å². The van der Waals surface area contributed by atoms with Crippen molar-refractivity contribution >= 4 is 5.43 Å². The smallest absolute Gasteiger partial charge is 0.109 e. The van der Waals surface area contributed by atoms with Gasteiger partial charge in [-0.05, 0) is 17.4 Å². The van der Waals surface area contributed by atoms with Gasteiger partial charge in [-0.2, -0.15) is 35.4 Å². The molecule has 4 rings (SSSR count). The van der Waals surface area contributed by atoms with Crippen molar-refractivity contribution in [1.29, 1.82) is 0 Å². The van der Waals surface area contributed by atoms with Gasteiger partial charge < -0.3 is 24.8 Å². The molecule has 2 aromatic rings. The third-order valence-corrected chi connectivity index (χ3v) is 12.4. The average molecular weight is 647 g/mol. The monoisotopic (exact) mass is 644 g/mol. The molecule has 0 atom stereocenters. The molecule has 0 N–H and O–H groups in total. The van der Waals surface area contributed by atoms with Crippen molar-refractivity contribution in [2.24, 2.45) is 0 Å². The molecule has 0 saturated carbocycles. The summed E-state index contributed by atoms with van der Waals surface area (Å²) in [5.74, 6) is 0. The Labute approximate surface area is 262 Å². The summed E-state index contributed by atoms with van der Waals surface area (Å²) >= 11 is 1.86. The third-order valence-electron chi connectivity index (χ3n) is 6.78. The van der Waals surface area contributed by atoms with Crippen LogP contribution in [0.1, 0.15) is 110 Å². The van der Waals surface area contributed by atoms with Gasteiger partial charge in [0.15, 0.2) is 0 Å². The fraction of sp³-hybridized carbons (Fsp3) is 0.529. The second kappa shape index (κ2) is 18.1. The Kier molecular flexibility index (Phi) is 17.9. The molecule has 0 nitrogen and oxygen atoms in total. The van der Waals surface area contributed by atoms with Crippen LogP contribution in [0, 0.1) is 12.1 Å². The van der Waals surface area contributed by atoms with E-state index in [0.717, 1.165) is 12.8 Å². The van der Waals surface area contributed by atoms with Crippen molar-refractivity contribution in [2.75, 3.05) is 0 Å². The summed E-state index contributed by atoms with van der Waals surface area (Å²) in [4.78, 5) is 0. The Bertz CT molecular complexity index is 974. The molecular weight excluding hydrogens is 599 g/mol. The van der Waals surface area contributed by atoms with E-state index < -0.39 is 0 Å². The molecule has 2 aliphatic rings. The third kappa shape index (κ3) is 12.4. The molecule has 0 unspecified atom stereocenters. The van der Waals surface area contributed by atoms with Crippen LogP contribution in [-0.4, -0.2) is 5.43 Å². The minimum atomic E-state index is 0. The van der Waals surface area contributed by atoms with Crippen LogP contribution in [0.25, 0.3) is 11.1 Å². The van der Waals surface area contributed by atoms with Gasteiger partial charge in [0, 0.05) is 0 Å². The zero-order valence-corrected chi connectivity index (χ0v) is 30.0. The zero-order chi connectivity index (χ0) is 26.8. The molecular formula is C34H48Cl2SiZr-2. The van der Waals surface area contributed by atoms with Crippen molar-refractivity contribution in [3.63, 3.8) is 0 Å². The van der Waals surface area contributed by atoms with E-state index >= 15 is 0 Å². The van der Waals surface area contributed by atoms with Crippen LogP contribution in [0.5, 0.6) is 0 Å². The van der Waals surface area contributed by atoms with Crippen LogP contribution >= 0.6 is 0 Å². The van der Waals surface area contributed by atoms with Gasteiger partial charge in [-0.3, -0.25) is 6.08 Å². The maximum atomic E-state index is 3.53. The molecule has 4 heteroatoms. The number of allylic oxidation sites excluding steroid dienone is 4. The van der Waals surface area contributed by atoms with E-state index in [2.05, 4.69) is 104 Å². The van der Waals surface area contributed by atoms with Gasteiger partial charge in [0.05, 0.1) is 0 Å². The first-order valence-corrected chi connectivity index (χ1v) is 19.5. The van der Waals surface area contributed by atoms with E-state index in [-0.39, 0.29) is 41.1 Å². The molecule has 0 spiro atoms.